The molecule has 0 spiro atoms. The van der Waals surface area contributed by atoms with Crippen LogP contribution >= 0.6 is 0 Å². The molecule has 1 unspecified atom stereocenters. The monoisotopic (exact) mass is 349 g/mol. The molecule has 1 amide bonds. The molecule has 3 aromatic rings. The Balaban J connectivity index is 1.86. The van der Waals surface area contributed by atoms with Gasteiger partial charge in [-0.1, -0.05) is 17.7 Å². The van der Waals surface area contributed by atoms with Crippen LogP contribution in [0, 0.1) is 6.92 Å². The number of Topliss-reactive ketones (excluding diaryl/α,β-unsaturated/α-hetero) is 1. The topological polar surface area (TPSA) is 83.9 Å². The number of hydrogen-bond acceptors (Lipinski definition) is 5. The third-order valence-corrected chi connectivity index (χ3v) is 4.32. The van der Waals surface area contributed by atoms with E-state index in [2.05, 4.69) is 0 Å². The molecule has 0 saturated carbocycles. The van der Waals surface area contributed by atoms with Crippen molar-refractivity contribution in [3.8, 4) is 0 Å². The van der Waals surface area contributed by atoms with E-state index in [0.717, 1.165) is 5.56 Å². The Bertz CT molecular complexity index is 982. The molecular weight excluding hydrogens is 334 g/mol. The molecule has 26 heavy (non-hydrogen) atoms. The highest BCUT2D eigenvalue weighted by molar-refractivity contribution is 6.20. The first-order valence-corrected chi connectivity index (χ1v) is 8.03. The fraction of sp³-hybridized carbons (Fsp3) is 0.100. The van der Waals surface area contributed by atoms with E-state index in [9.17, 15) is 14.7 Å². The third kappa shape index (κ3) is 2.43. The lowest BCUT2D eigenvalue weighted by Crippen LogP contribution is -2.30. The molecule has 1 N–H and O–H groups in total. The zero-order valence-electron chi connectivity index (χ0n) is 13.9. The Morgan fingerprint density at radius 2 is 1.73 bits per heavy atom. The lowest BCUT2D eigenvalue weighted by molar-refractivity contribution is -0.117. The third-order valence-electron chi connectivity index (χ3n) is 4.32. The predicted octanol–water partition coefficient (Wildman–Crippen LogP) is 3.96. The average molecular weight is 349 g/mol. The van der Waals surface area contributed by atoms with Gasteiger partial charge in [0.1, 0.15) is 11.8 Å². The number of nitrogens with zero attached hydrogens (tertiary/aromatic N) is 1. The minimum absolute atomic E-state index is 0.0432. The van der Waals surface area contributed by atoms with E-state index in [1.165, 1.54) is 23.5 Å². The van der Waals surface area contributed by atoms with Crippen LogP contribution in [0.5, 0.6) is 0 Å². The Kier molecular flexibility index (Phi) is 3.73. The van der Waals surface area contributed by atoms with Crippen molar-refractivity contribution < 1.29 is 23.5 Å². The van der Waals surface area contributed by atoms with Crippen LogP contribution in [0.4, 0.5) is 5.69 Å². The van der Waals surface area contributed by atoms with Crippen LogP contribution in [0.3, 0.4) is 0 Å². The highest BCUT2D eigenvalue weighted by Gasteiger charge is 2.46. The second-order valence-electron chi connectivity index (χ2n) is 6.00. The Hall–Kier alpha value is -3.54. The SMILES string of the molecule is Cc1ccc(N2C(=O)C(O)=C(C(=O)c3ccco3)C2c2ccco2)cc1. The Morgan fingerprint density at radius 3 is 2.35 bits per heavy atom. The molecule has 1 atom stereocenters. The molecule has 0 bridgehead atoms. The molecule has 0 radical (unpaired) electrons. The number of aliphatic hydroxyl groups is 1. The first kappa shape index (κ1) is 16.0. The molecule has 2 aromatic heterocycles. The van der Waals surface area contributed by atoms with Gasteiger partial charge in [-0.3, -0.25) is 14.5 Å². The molecule has 0 aliphatic carbocycles. The number of rotatable bonds is 4. The molecule has 1 aliphatic rings. The lowest BCUT2D eigenvalue weighted by Gasteiger charge is -2.24. The van der Waals surface area contributed by atoms with Crippen molar-refractivity contribution in [1.29, 1.82) is 0 Å². The highest BCUT2D eigenvalue weighted by Crippen LogP contribution is 2.42. The van der Waals surface area contributed by atoms with Crippen LogP contribution in [-0.4, -0.2) is 16.8 Å². The summed E-state index contributed by atoms with van der Waals surface area (Å²) in [5.41, 5.74) is 1.51. The fourth-order valence-electron chi connectivity index (χ4n) is 3.07. The van der Waals surface area contributed by atoms with E-state index < -0.39 is 23.5 Å². The van der Waals surface area contributed by atoms with Crippen molar-refractivity contribution in [2.24, 2.45) is 0 Å². The molecule has 6 heteroatoms. The zero-order valence-corrected chi connectivity index (χ0v) is 13.9. The summed E-state index contributed by atoms with van der Waals surface area (Å²) in [6.45, 7) is 1.93. The summed E-state index contributed by atoms with van der Waals surface area (Å²) in [5, 5.41) is 10.5. The minimum atomic E-state index is -0.877. The molecule has 0 fully saturated rings. The van der Waals surface area contributed by atoms with Crippen LogP contribution in [0.15, 0.2) is 81.2 Å². The van der Waals surface area contributed by atoms with Gasteiger partial charge in [0, 0.05) is 5.69 Å². The number of ketones is 1. The lowest BCUT2D eigenvalue weighted by atomic mass is 9.99. The van der Waals surface area contributed by atoms with Crippen molar-refractivity contribution in [2.45, 2.75) is 13.0 Å². The second-order valence-corrected chi connectivity index (χ2v) is 6.00. The molecule has 0 saturated heterocycles. The number of aryl methyl sites for hydroxylation is 1. The van der Waals surface area contributed by atoms with E-state index in [4.69, 9.17) is 8.83 Å². The number of hydrogen-bond donors (Lipinski definition) is 1. The predicted molar refractivity (Wildman–Crippen MR) is 92.8 cm³/mol. The minimum Gasteiger partial charge on any atom is -0.503 e. The van der Waals surface area contributed by atoms with Crippen LogP contribution < -0.4 is 4.90 Å². The van der Waals surface area contributed by atoms with E-state index in [1.807, 2.05) is 19.1 Å². The van der Waals surface area contributed by atoms with Crippen molar-refractivity contribution in [2.75, 3.05) is 4.90 Å². The highest BCUT2D eigenvalue weighted by atomic mass is 16.3. The summed E-state index contributed by atoms with van der Waals surface area (Å²) in [7, 11) is 0. The van der Waals surface area contributed by atoms with Gasteiger partial charge in [-0.25, -0.2) is 0 Å². The molecule has 4 rings (SSSR count). The van der Waals surface area contributed by atoms with Crippen molar-refractivity contribution in [3.63, 3.8) is 0 Å². The second kappa shape index (κ2) is 6.07. The van der Waals surface area contributed by atoms with Gasteiger partial charge in [-0.15, -0.1) is 0 Å². The summed E-state index contributed by atoms with van der Waals surface area (Å²) in [6.07, 6.45) is 2.82. The first-order chi connectivity index (χ1) is 12.6. The summed E-state index contributed by atoms with van der Waals surface area (Å²) in [4.78, 5) is 27.0. The van der Waals surface area contributed by atoms with E-state index in [0.29, 0.717) is 11.4 Å². The molecule has 3 heterocycles. The van der Waals surface area contributed by atoms with Gasteiger partial charge in [0.25, 0.3) is 5.91 Å². The van der Waals surface area contributed by atoms with Crippen molar-refractivity contribution in [1.82, 2.24) is 0 Å². The molecular formula is C20H15NO5. The number of furan rings is 2. The first-order valence-electron chi connectivity index (χ1n) is 8.03. The van der Waals surface area contributed by atoms with Gasteiger partial charge in [0.05, 0.1) is 18.1 Å². The number of carbonyl (C=O) groups excluding carboxylic acids is 2. The Labute approximate surface area is 149 Å². The maximum Gasteiger partial charge on any atom is 0.294 e. The van der Waals surface area contributed by atoms with Crippen LogP contribution in [-0.2, 0) is 4.79 Å². The summed E-state index contributed by atoms with van der Waals surface area (Å²) >= 11 is 0. The van der Waals surface area contributed by atoms with Crippen LogP contribution in [0.2, 0.25) is 0 Å². The van der Waals surface area contributed by atoms with E-state index >= 15 is 0 Å². The standard InChI is InChI=1S/C20H15NO5/c1-12-6-8-13(9-7-12)21-17(14-4-2-10-25-14)16(19(23)20(21)24)18(22)15-5-3-11-26-15/h2-11,17,23H,1H3. The van der Waals surface area contributed by atoms with Crippen LogP contribution in [0.1, 0.15) is 27.9 Å². The smallest absolute Gasteiger partial charge is 0.294 e. The molecule has 1 aliphatic heterocycles. The number of amides is 1. The molecule has 6 nitrogen and oxygen atoms in total. The largest absolute Gasteiger partial charge is 0.503 e. The quantitative estimate of drug-likeness (QED) is 0.721. The number of carbonyl (C=O) groups is 2. The van der Waals surface area contributed by atoms with Gasteiger partial charge in [-0.2, -0.15) is 0 Å². The van der Waals surface area contributed by atoms with Crippen molar-refractivity contribution >= 4 is 17.4 Å². The normalized spacial score (nSPS) is 17.2. The number of anilines is 1. The zero-order chi connectivity index (χ0) is 18.3. The van der Waals surface area contributed by atoms with Gasteiger partial charge in [-0.05, 0) is 43.3 Å². The van der Waals surface area contributed by atoms with Gasteiger partial charge in [0.15, 0.2) is 11.5 Å². The van der Waals surface area contributed by atoms with Gasteiger partial charge < -0.3 is 13.9 Å². The summed E-state index contributed by atoms with van der Waals surface area (Å²) in [6, 6.07) is 12.7. The van der Waals surface area contributed by atoms with Gasteiger partial charge >= 0.3 is 0 Å². The number of aliphatic hydroxyl groups excluding tert-OH is 1. The summed E-state index contributed by atoms with van der Waals surface area (Å²) < 4.78 is 10.6. The average Bonchev–Trinajstić information content (AvgIpc) is 3.38. The van der Waals surface area contributed by atoms with E-state index in [-0.39, 0.29) is 11.3 Å². The maximum absolute atomic E-state index is 12.9. The summed E-state index contributed by atoms with van der Waals surface area (Å²) in [5.74, 6) is -1.41. The molecule has 1 aromatic carbocycles. The van der Waals surface area contributed by atoms with Crippen molar-refractivity contribution in [3.05, 3.63) is 89.5 Å². The maximum atomic E-state index is 12.9. The van der Waals surface area contributed by atoms with Gasteiger partial charge in [0.2, 0.25) is 5.78 Å². The number of benzene rings is 1. The van der Waals surface area contributed by atoms with Crippen LogP contribution in [0.25, 0.3) is 0 Å². The Morgan fingerprint density at radius 1 is 1.04 bits per heavy atom. The fourth-order valence-corrected chi connectivity index (χ4v) is 3.07. The molecule has 130 valence electrons. The van der Waals surface area contributed by atoms with E-state index in [1.54, 1.807) is 30.3 Å².